The summed E-state index contributed by atoms with van der Waals surface area (Å²) in [6, 6.07) is 3.26. The molecule has 2 heterocycles. The van der Waals surface area contributed by atoms with Crippen LogP contribution in [0, 0.1) is 0 Å². The maximum absolute atomic E-state index is 12.6. The van der Waals surface area contributed by atoms with Crippen molar-refractivity contribution >= 4 is 5.97 Å². The van der Waals surface area contributed by atoms with E-state index in [4.69, 9.17) is 0 Å². The Balaban J connectivity index is 1.95. The van der Waals surface area contributed by atoms with Gasteiger partial charge in [0.25, 0.3) is 0 Å². The standard InChI is InChI=1S/C14H12F3N3O2/c15-14(16,17)8-3-1-7(2-4-8)11-12-9(18-6-19-12)5-10(20-11)13(21)22/h1-4,6,10-11,20H,5H2,(H,18,19)(H,21,22)/t10-,11+/m1/s1. The van der Waals surface area contributed by atoms with E-state index >= 15 is 0 Å². The van der Waals surface area contributed by atoms with Crippen LogP contribution in [-0.4, -0.2) is 27.1 Å². The van der Waals surface area contributed by atoms with Gasteiger partial charge in [0.2, 0.25) is 0 Å². The lowest BCUT2D eigenvalue weighted by molar-refractivity contribution is -0.140. The number of carboxylic acid groups (broad SMARTS) is 1. The molecule has 2 aromatic rings. The molecule has 1 aromatic heterocycles. The average Bonchev–Trinajstić information content (AvgIpc) is 2.93. The topological polar surface area (TPSA) is 78.0 Å². The molecule has 116 valence electrons. The molecule has 0 amide bonds. The van der Waals surface area contributed by atoms with Gasteiger partial charge in [0.1, 0.15) is 6.04 Å². The lowest BCUT2D eigenvalue weighted by Gasteiger charge is -2.28. The molecule has 1 aliphatic heterocycles. The number of hydrogen-bond donors (Lipinski definition) is 3. The van der Waals surface area contributed by atoms with E-state index in [-0.39, 0.29) is 6.42 Å². The third kappa shape index (κ3) is 2.57. The number of nitrogens with one attached hydrogen (secondary N) is 2. The zero-order valence-electron chi connectivity index (χ0n) is 11.2. The Labute approximate surface area is 123 Å². The van der Waals surface area contributed by atoms with Crippen LogP contribution in [0.5, 0.6) is 0 Å². The first-order valence-corrected chi connectivity index (χ1v) is 6.54. The van der Waals surface area contributed by atoms with Crippen molar-refractivity contribution in [3.05, 3.63) is 53.1 Å². The van der Waals surface area contributed by atoms with Gasteiger partial charge in [0, 0.05) is 12.1 Å². The molecule has 0 saturated heterocycles. The molecular formula is C14H12F3N3O2. The van der Waals surface area contributed by atoms with Crippen LogP contribution in [0.15, 0.2) is 30.6 Å². The zero-order chi connectivity index (χ0) is 15.9. The van der Waals surface area contributed by atoms with Crippen molar-refractivity contribution in [2.75, 3.05) is 0 Å². The number of halogens is 3. The molecule has 0 unspecified atom stereocenters. The third-order valence-corrected chi connectivity index (χ3v) is 3.67. The molecular weight excluding hydrogens is 299 g/mol. The number of hydrogen-bond acceptors (Lipinski definition) is 3. The van der Waals surface area contributed by atoms with Gasteiger partial charge in [-0.25, -0.2) is 4.98 Å². The predicted molar refractivity (Wildman–Crippen MR) is 70.1 cm³/mol. The minimum atomic E-state index is -4.40. The predicted octanol–water partition coefficient (Wildman–Crippen LogP) is 2.12. The van der Waals surface area contributed by atoms with Crippen LogP contribution in [0.25, 0.3) is 0 Å². The van der Waals surface area contributed by atoms with E-state index in [9.17, 15) is 23.1 Å². The van der Waals surface area contributed by atoms with Crippen LogP contribution in [0.4, 0.5) is 13.2 Å². The Morgan fingerprint density at radius 3 is 2.55 bits per heavy atom. The van der Waals surface area contributed by atoms with Crippen molar-refractivity contribution < 1.29 is 23.1 Å². The number of nitrogens with zero attached hydrogens (tertiary/aromatic N) is 1. The lowest BCUT2D eigenvalue weighted by atomic mass is 9.93. The van der Waals surface area contributed by atoms with E-state index in [0.717, 1.165) is 12.1 Å². The zero-order valence-corrected chi connectivity index (χ0v) is 11.2. The number of benzene rings is 1. The number of H-pyrrole nitrogens is 1. The molecule has 1 aromatic carbocycles. The van der Waals surface area contributed by atoms with E-state index < -0.39 is 29.8 Å². The summed E-state index contributed by atoms with van der Waals surface area (Å²) in [7, 11) is 0. The van der Waals surface area contributed by atoms with Crippen LogP contribution < -0.4 is 5.32 Å². The number of aliphatic carboxylic acids is 1. The Morgan fingerprint density at radius 1 is 1.27 bits per heavy atom. The molecule has 0 saturated carbocycles. The van der Waals surface area contributed by atoms with Crippen LogP contribution >= 0.6 is 0 Å². The molecule has 8 heteroatoms. The average molecular weight is 311 g/mol. The fourth-order valence-electron chi connectivity index (χ4n) is 2.56. The first-order valence-electron chi connectivity index (χ1n) is 6.54. The quantitative estimate of drug-likeness (QED) is 0.794. The largest absolute Gasteiger partial charge is 0.480 e. The van der Waals surface area contributed by atoms with Crippen molar-refractivity contribution in [3.63, 3.8) is 0 Å². The molecule has 3 N–H and O–H groups in total. The van der Waals surface area contributed by atoms with Gasteiger partial charge in [-0.3, -0.25) is 10.1 Å². The number of imidazole rings is 1. The molecule has 0 spiro atoms. The van der Waals surface area contributed by atoms with Gasteiger partial charge in [0.15, 0.2) is 0 Å². The summed E-state index contributed by atoms with van der Waals surface area (Å²) in [5, 5.41) is 12.1. The second-order valence-corrected chi connectivity index (χ2v) is 5.08. The molecule has 0 aliphatic carbocycles. The first kappa shape index (κ1) is 14.6. The second-order valence-electron chi connectivity index (χ2n) is 5.08. The Hall–Kier alpha value is -2.35. The second kappa shape index (κ2) is 5.13. The maximum Gasteiger partial charge on any atom is 0.416 e. The molecule has 0 bridgehead atoms. The molecule has 0 radical (unpaired) electrons. The van der Waals surface area contributed by atoms with Crippen LogP contribution in [0.2, 0.25) is 0 Å². The van der Waals surface area contributed by atoms with E-state index in [1.54, 1.807) is 0 Å². The SMILES string of the molecule is O=C(O)[C@H]1Cc2[nH]cnc2[C@H](c2ccc(C(F)(F)F)cc2)N1. The minimum absolute atomic E-state index is 0.252. The van der Waals surface area contributed by atoms with Gasteiger partial charge in [-0.1, -0.05) is 12.1 Å². The van der Waals surface area contributed by atoms with E-state index in [2.05, 4.69) is 15.3 Å². The Morgan fingerprint density at radius 2 is 1.95 bits per heavy atom. The molecule has 3 rings (SSSR count). The van der Waals surface area contributed by atoms with Gasteiger partial charge in [-0.15, -0.1) is 0 Å². The highest BCUT2D eigenvalue weighted by Crippen LogP contribution is 2.32. The van der Waals surface area contributed by atoms with Crippen molar-refractivity contribution in [1.29, 1.82) is 0 Å². The summed E-state index contributed by atoms with van der Waals surface area (Å²) in [6.07, 6.45) is -2.70. The monoisotopic (exact) mass is 311 g/mol. The summed E-state index contributed by atoms with van der Waals surface area (Å²) in [6.45, 7) is 0. The van der Waals surface area contributed by atoms with Gasteiger partial charge in [0.05, 0.1) is 23.6 Å². The van der Waals surface area contributed by atoms with Gasteiger partial charge in [-0.2, -0.15) is 13.2 Å². The normalized spacial score (nSPS) is 21.4. The van der Waals surface area contributed by atoms with Crippen LogP contribution in [-0.2, 0) is 17.4 Å². The highest BCUT2D eigenvalue weighted by molar-refractivity contribution is 5.74. The number of alkyl halides is 3. The smallest absolute Gasteiger partial charge is 0.416 e. The van der Waals surface area contributed by atoms with E-state index in [1.807, 2.05) is 0 Å². The number of rotatable bonds is 2. The number of fused-ring (bicyclic) bond motifs is 1. The Kier molecular flexibility index (Phi) is 3.40. The van der Waals surface area contributed by atoms with Crippen LogP contribution in [0.3, 0.4) is 0 Å². The van der Waals surface area contributed by atoms with Crippen molar-refractivity contribution in [2.45, 2.75) is 24.7 Å². The number of carboxylic acids is 1. The van der Waals surface area contributed by atoms with Crippen molar-refractivity contribution in [2.24, 2.45) is 0 Å². The highest BCUT2D eigenvalue weighted by atomic mass is 19.4. The summed E-state index contributed by atoms with van der Waals surface area (Å²) in [4.78, 5) is 18.2. The molecule has 2 atom stereocenters. The minimum Gasteiger partial charge on any atom is -0.480 e. The number of aromatic amines is 1. The van der Waals surface area contributed by atoms with Gasteiger partial charge >= 0.3 is 12.1 Å². The molecule has 5 nitrogen and oxygen atoms in total. The van der Waals surface area contributed by atoms with Gasteiger partial charge < -0.3 is 10.1 Å². The summed E-state index contributed by atoms with van der Waals surface area (Å²) < 4.78 is 37.8. The number of carbonyl (C=O) groups is 1. The summed E-state index contributed by atoms with van der Waals surface area (Å²) in [5.74, 6) is -1.02. The maximum atomic E-state index is 12.6. The number of aromatic nitrogens is 2. The summed E-state index contributed by atoms with van der Waals surface area (Å²) in [5.41, 5.74) is 1.07. The summed E-state index contributed by atoms with van der Waals surface area (Å²) >= 11 is 0. The van der Waals surface area contributed by atoms with Gasteiger partial charge in [-0.05, 0) is 17.7 Å². The molecule has 1 aliphatic rings. The van der Waals surface area contributed by atoms with E-state index in [0.29, 0.717) is 17.0 Å². The lowest BCUT2D eigenvalue weighted by Crippen LogP contribution is -2.45. The van der Waals surface area contributed by atoms with Crippen molar-refractivity contribution in [1.82, 2.24) is 15.3 Å². The fraction of sp³-hybridized carbons (Fsp3) is 0.286. The first-order chi connectivity index (χ1) is 10.4. The third-order valence-electron chi connectivity index (χ3n) is 3.67. The van der Waals surface area contributed by atoms with Crippen LogP contribution in [0.1, 0.15) is 28.6 Å². The fourth-order valence-corrected chi connectivity index (χ4v) is 2.56. The Bertz CT molecular complexity index is 694. The molecule has 0 fully saturated rings. The molecule has 22 heavy (non-hydrogen) atoms. The highest BCUT2D eigenvalue weighted by Gasteiger charge is 2.34. The van der Waals surface area contributed by atoms with Crippen molar-refractivity contribution in [3.8, 4) is 0 Å². The van der Waals surface area contributed by atoms with E-state index in [1.165, 1.54) is 18.5 Å².